The monoisotopic (exact) mass is 422 g/mol. The first-order valence-corrected chi connectivity index (χ1v) is 10.1. The Hall–Kier alpha value is -3.16. The first-order valence-electron chi connectivity index (χ1n) is 9.73. The lowest BCUT2D eigenvalue weighted by Crippen LogP contribution is -2.18. The van der Waals surface area contributed by atoms with Gasteiger partial charge in [-0.1, -0.05) is 29.8 Å². The van der Waals surface area contributed by atoms with Gasteiger partial charge in [-0.2, -0.15) is 0 Å². The van der Waals surface area contributed by atoms with Gasteiger partial charge in [0.2, 0.25) is 0 Å². The third-order valence-electron chi connectivity index (χ3n) is 5.19. The number of halogens is 1. The van der Waals surface area contributed by atoms with E-state index >= 15 is 0 Å². The van der Waals surface area contributed by atoms with Crippen LogP contribution in [-0.2, 0) is 9.47 Å². The van der Waals surface area contributed by atoms with Gasteiger partial charge in [0.15, 0.2) is 5.65 Å². The van der Waals surface area contributed by atoms with Crippen molar-refractivity contribution in [3.8, 4) is 5.69 Å². The van der Waals surface area contributed by atoms with Crippen LogP contribution in [0.25, 0.3) is 27.9 Å². The minimum atomic E-state index is -0.543. The molecule has 1 atom stereocenters. The molecule has 1 fully saturated rings. The van der Waals surface area contributed by atoms with Gasteiger partial charge in [0.1, 0.15) is 23.5 Å². The van der Waals surface area contributed by atoms with Crippen molar-refractivity contribution in [2.24, 2.45) is 0 Å². The topological polar surface area (TPSA) is 92.3 Å². The van der Waals surface area contributed by atoms with Crippen LogP contribution in [-0.4, -0.2) is 39.8 Å². The summed E-state index contributed by atoms with van der Waals surface area (Å²) < 4.78 is 12.8. The van der Waals surface area contributed by atoms with E-state index in [-0.39, 0.29) is 24.1 Å². The summed E-state index contributed by atoms with van der Waals surface area (Å²) in [5, 5.41) is 0.546. The molecule has 1 saturated heterocycles. The Morgan fingerprint density at radius 2 is 2.00 bits per heavy atom. The quantitative estimate of drug-likeness (QED) is 0.497. The van der Waals surface area contributed by atoms with Crippen molar-refractivity contribution in [3.63, 3.8) is 0 Å². The number of ether oxygens (including phenoxy) is 2. The van der Waals surface area contributed by atoms with Gasteiger partial charge in [-0.15, -0.1) is 0 Å². The van der Waals surface area contributed by atoms with Crippen molar-refractivity contribution in [1.82, 2.24) is 14.5 Å². The van der Waals surface area contributed by atoms with Crippen LogP contribution in [0.3, 0.4) is 0 Å². The van der Waals surface area contributed by atoms with E-state index in [1.165, 1.54) is 0 Å². The molecule has 0 spiro atoms. The molecular weight excluding hydrogens is 404 g/mol. The van der Waals surface area contributed by atoms with E-state index in [9.17, 15) is 4.79 Å². The molecule has 1 aliphatic heterocycles. The van der Waals surface area contributed by atoms with Crippen LogP contribution in [0.1, 0.15) is 23.2 Å². The number of rotatable bonds is 4. The van der Waals surface area contributed by atoms with Gasteiger partial charge < -0.3 is 15.2 Å². The summed E-state index contributed by atoms with van der Waals surface area (Å²) in [5.74, 6) is -0.335. The summed E-state index contributed by atoms with van der Waals surface area (Å²) in [5.41, 5.74) is 9.57. The van der Waals surface area contributed by atoms with E-state index < -0.39 is 5.97 Å². The molecule has 30 heavy (non-hydrogen) atoms. The number of aromatic nitrogens is 3. The Bertz CT molecular complexity index is 1260. The average molecular weight is 423 g/mol. The Morgan fingerprint density at radius 1 is 1.20 bits per heavy atom. The molecule has 2 aromatic carbocycles. The second-order valence-electron chi connectivity index (χ2n) is 7.19. The molecule has 1 aliphatic rings. The fraction of sp³-hybridized carbons (Fsp3) is 0.227. The zero-order chi connectivity index (χ0) is 20.7. The molecule has 2 aromatic heterocycles. The zero-order valence-corrected chi connectivity index (χ0v) is 16.8. The van der Waals surface area contributed by atoms with Crippen molar-refractivity contribution in [2.75, 3.05) is 18.9 Å². The third kappa shape index (κ3) is 3.26. The molecule has 0 bridgehead atoms. The Kier molecular flexibility index (Phi) is 4.77. The van der Waals surface area contributed by atoms with Gasteiger partial charge in [0.05, 0.1) is 22.8 Å². The highest BCUT2D eigenvalue weighted by Crippen LogP contribution is 2.32. The lowest BCUT2D eigenvalue weighted by atomic mass is 10.2. The van der Waals surface area contributed by atoms with Crippen LogP contribution >= 0.6 is 11.6 Å². The van der Waals surface area contributed by atoms with Gasteiger partial charge in [-0.05, 0) is 43.2 Å². The molecule has 4 aromatic rings. The summed E-state index contributed by atoms with van der Waals surface area (Å²) in [6.07, 6.45) is 1.76. The molecule has 152 valence electrons. The summed E-state index contributed by atoms with van der Waals surface area (Å²) in [7, 11) is 0. The predicted octanol–water partition coefficient (Wildman–Crippen LogP) is 4.15. The molecule has 2 N–H and O–H groups in total. The number of nitrogen functional groups attached to an aromatic ring is 1. The molecule has 7 nitrogen and oxygen atoms in total. The molecule has 3 heterocycles. The van der Waals surface area contributed by atoms with Crippen LogP contribution in [0.2, 0.25) is 5.02 Å². The lowest BCUT2D eigenvalue weighted by molar-refractivity contribution is 0.0163. The smallest absolute Gasteiger partial charge is 0.344 e. The number of para-hydroxylation sites is 2. The summed E-state index contributed by atoms with van der Waals surface area (Å²) in [6, 6.07) is 14.7. The van der Waals surface area contributed by atoms with E-state index in [1.807, 2.05) is 36.4 Å². The normalized spacial score (nSPS) is 16.4. The number of carbonyl (C=O) groups is 1. The van der Waals surface area contributed by atoms with Gasteiger partial charge in [-0.25, -0.2) is 14.8 Å². The largest absolute Gasteiger partial charge is 0.459 e. The van der Waals surface area contributed by atoms with Crippen LogP contribution in [0.5, 0.6) is 0 Å². The number of carbonyl (C=O) groups excluding carboxylic acids is 1. The molecular formula is C22H19ClN4O3. The molecule has 5 rings (SSSR count). The third-order valence-corrected chi connectivity index (χ3v) is 5.43. The summed E-state index contributed by atoms with van der Waals surface area (Å²) in [4.78, 5) is 22.4. The van der Waals surface area contributed by atoms with Crippen LogP contribution in [0.4, 0.5) is 5.82 Å². The van der Waals surface area contributed by atoms with E-state index in [0.29, 0.717) is 39.5 Å². The maximum Gasteiger partial charge on any atom is 0.344 e. The lowest BCUT2D eigenvalue weighted by Gasteiger charge is -2.10. The second-order valence-corrected chi connectivity index (χ2v) is 7.63. The SMILES string of the molecule is Nc1c(C(=O)OC[C@H]2CCCO2)c2nc3ccccc3nc2n1-c1cccc(Cl)c1. The van der Waals surface area contributed by atoms with Crippen molar-refractivity contribution < 1.29 is 14.3 Å². The zero-order valence-electron chi connectivity index (χ0n) is 16.0. The fourth-order valence-corrected chi connectivity index (χ4v) is 3.94. The Morgan fingerprint density at radius 3 is 2.73 bits per heavy atom. The number of hydrogen-bond acceptors (Lipinski definition) is 6. The van der Waals surface area contributed by atoms with Crippen molar-refractivity contribution in [3.05, 3.63) is 59.1 Å². The van der Waals surface area contributed by atoms with E-state index in [0.717, 1.165) is 12.8 Å². The number of fused-ring (bicyclic) bond motifs is 2. The van der Waals surface area contributed by atoms with Gasteiger partial charge in [-0.3, -0.25) is 4.57 Å². The number of hydrogen-bond donors (Lipinski definition) is 1. The van der Waals surface area contributed by atoms with Gasteiger partial charge in [0.25, 0.3) is 0 Å². The fourth-order valence-electron chi connectivity index (χ4n) is 3.76. The minimum Gasteiger partial charge on any atom is -0.459 e. The van der Waals surface area contributed by atoms with Crippen molar-refractivity contribution in [2.45, 2.75) is 18.9 Å². The minimum absolute atomic E-state index is 0.0802. The first-order chi connectivity index (χ1) is 14.6. The average Bonchev–Trinajstić information content (AvgIpc) is 3.35. The maximum absolute atomic E-state index is 13.0. The van der Waals surface area contributed by atoms with E-state index in [1.54, 1.807) is 16.7 Å². The van der Waals surface area contributed by atoms with Gasteiger partial charge in [0, 0.05) is 11.6 Å². The number of nitrogens with two attached hydrogens (primary N) is 1. The van der Waals surface area contributed by atoms with Crippen molar-refractivity contribution in [1.29, 1.82) is 0 Å². The second kappa shape index (κ2) is 7.59. The van der Waals surface area contributed by atoms with Crippen LogP contribution in [0, 0.1) is 0 Å². The van der Waals surface area contributed by atoms with Crippen molar-refractivity contribution >= 4 is 45.6 Å². The number of nitrogens with zero attached hydrogens (tertiary/aromatic N) is 3. The highest BCUT2D eigenvalue weighted by molar-refractivity contribution is 6.30. The number of anilines is 1. The van der Waals surface area contributed by atoms with Crippen LogP contribution < -0.4 is 5.73 Å². The Balaban J connectivity index is 1.67. The summed E-state index contributed by atoms with van der Waals surface area (Å²) in [6.45, 7) is 0.874. The molecule has 0 amide bonds. The molecule has 0 unspecified atom stereocenters. The molecule has 0 radical (unpaired) electrons. The molecule has 0 aliphatic carbocycles. The van der Waals surface area contributed by atoms with E-state index in [4.69, 9.17) is 31.8 Å². The molecule has 0 saturated carbocycles. The highest BCUT2D eigenvalue weighted by Gasteiger charge is 2.27. The standard InChI is InChI=1S/C22H19ClN4O3/c23-13-5-3-6-14(11-13)27-20(24)18(22(28)30-12-15-7-4-10-29-15)19-21(27)26-17-9-2-1-8-16(17)25-19/h1-3,5-6,8-9,11,15H,4,7,10,12,24H2/t15-/m1/s1. The van der Waals surface area contributed by atoms with Crippen LogP contribution in [0.15, 0.2) is 48.5 Å². The first kappa shape index (κ1) is 18.8. The molecule has 8 heteroatoms. The summed E-state index contributed by atoms with van der Waals surface area (Å²) >= 11 is 6.19. The predicted molar refractivity (Wildman–Crippen MR) is 115 cm³/mol. The van der Waals surface area contributed by atoms with E-state index in [2.05, 4.69) is 4.98 Å². The number of esters is 1. The van der Waals surface area contributed by atoms with Gasteiger partial charge >= 0.3 is 5.97 Å². The Labute approximate surface area is 177 Å². The number of benzene rings is 2. The highest BCUT2D eigenvalue weighted by atomic mass is 35.5. The maximum atomic E-state index is 13.0.